The maximum atomic E-state index is 12.6. The molecule has 1 aromatic carbocycles. The van der Waals surface area contributed by atoms with Gasteiger partial charge in [-0.2, -0.15) is 0 Å². The molecule has 176 valence electrons. The number of aromatic nitrogens is 3. The van der Waals surface area contributed by atoms with Crippen LogP contribution in [0.2, 0.25) is 0 Å². The molecule has 2 aliphatic heterocycles. The van der Waals surface area contributed by atoms with Gasteiger partial charge in [0.2, 0.25) is 5.91 Å². The van der Waals surface area contributed by atoms with Gasteiger partial charge < -0.3 is 24.7 Å². The summed E-state index contributed by atoms with van der Waals surface area (Å²) < 4.78 is 12.3. The van der Waals surface area contributed by atoms with Crippen LogP contribution in [0.1, 0.15) is 6.42 Å². The fourth-order valence-electron chi connectivity index (χ4n) is 4.24. The van der Waals surface area contributed by atoms with Crippen LogP contribution < -0.4 is 30.6 Å². The summed E-state index contributed by atoms with van der Waals surface area (Å²) in [4.78, 5) is 46.8. The van der Waals surface area contributed by atoms with Gasteiger partial charge >= 0.3 is 0 Å². The average molecular weight is 464 g/mol. The van der Waals surface area contributed by atoms with Crippen molar-refractivity contribution in [3.63, 3.8) is 0 Å². The standard InChI is InChI=1S/C23H24N6O5/c1-33-15-2-3-16-17(9-15)28(22(32)11-25-16)7-6-24-10-14-8-21(31)29(12-14)19-5-4-18-23(26-19)27-20(30)13-34-18/h2-5,9,11,14,24H,6-8,10,12-13H2,1H3,(H,26,27,30)/t14-/m1/s1. The zero-order valence-electron chi connectivity index (χ0n) is 18.6. The second kappa shape index (κ2) is 9.10. The van der Waals surface area contributed by atoms with Crippen molar-refractivity contribution in [1.29, 1.82) is 0 Å². The van der Waals surface area contributed by atoms with Gasteiger partial charge in [0.15, 0.2) is 18.2 Å². The van der Waals surface area contributed by atoms with Crippen LogP contribution in [-0.4, -0.2) is 59.7 Å². The van der Waals surface area contributed by atoms with Crippen LogP contribution in [0.3, 0.4) is 0 Å². The third-order valence-electron chi connectivity index (χ3n) is 5.94. The molecule has 0 radical (unpaired) electrons. The van der Waals surface area contributed by atoms with Gasteiger partial charge in [-0.15, -0.1) is 0 Å². The van der Waals surface area contributed by atoms with Crippen LogP contribution >= 0.6 is 0 Å². The molecule has 0 unspecified atom stereocenters. The SMILES string of the molecule is COc1ccc2ncc(=O)n(CCNC[C@H]3CC(=O)N(c4ccc5c(n4)NC(=O)CO5)C3)c2c1. The van der Waals surface area contributed by atoms with E-state index in [9.17, 15) is 14.4 Å². The fraction of sp³-hybridized carbons (Fsp3) is 0.348. The Labute approximate surface area is 194 Å². The molecular weight excluding hydrogens is 440 g/mol. The minimum Gasteiger partial charge on any atom is -0.497 e. The molecule has 3 aromatic rings. The van der Waals surface area contributed by atoms with Crippen molar-refractivity contribution < 1.29 is 19.1 Å². The Bertz CT molecular complexity index is 1320. The number of hydrogen-bond donors (Lipinski definition) is 2. The van der Waals surface area contributed by atoms with Crippen molar-refractivity contribution >= 4 is 34.5 Å². The molecule has 11 nitrogen and oxygen atoms in total. The van der Waals surface area contributed by atoms with Crippen molar-refractivity contribution in [2.75, 3.05) is 43.6 Å². The first-order valence-electron chi connectivity index (χ1n) is 11.0. The molecule has 2 aliphatic rings. The summed E-state index contributed by atoms with van der Waals surface area (Å²) in [5, 5.41) is 6.02. The lowest BCUT2D eigenvalue weighted by molar-refractivity contribution is -0.118. The van der Waals surface area contributed by atoms with E-state index in [1.165, 1.54) is 6.20 Å². The van der Waals surface area contributed by atoms with Gasteiger partial charge in [0, 0.05) is 38.7 Å². The lowest BCUT2D eigenvalue weighted by Gasteiger charge is -2.21. The summed E-state index contributed by atoms with van der Waals surface area (Å²) in [7, 11) is 1.58. The minimum absolute atomic E-state index is 0.0225. The Morgan fingerprint density at radius 2 is 2.12 bits per heavy atom. The molecule has 2 amide bonds. The molecule has 1 saturated heterocycles. The monoisotopic (exact) mass is 464 g/mol. The molecular formula is C23H24N6O5. The maximum Gasteiger partial charge on any atom is 0.269 e. The van der Waals surface area contributed by atoms with Gasteiger partial charge in [0.25, 0.3) is 11.5 Å². The number of nitrogens with zero attached hydrogens (tertiary/aromatic N) is 4. The second-order valence-corrected chi connectivity index (χ2v) is 8.23. The highest BCUT2D eigenvalue weighted by molar-refractivity contribution is 5.97. The Morgan fingerprint density at radius 3 is 2.97 bits per heavy atom. The number of carbonyl (C=O) groups is 2. The number of carbonyl (C=O) groups excluding carboxylic acids is 2. The number of rotatable bonds is 7. The van der Waals surface area contributed by atoms with Gasteiger partial charge in [-0.1, -0.05) is 0 Å². The molecule has 5 rings (SSSR count). The predicted molar refractivity (Wildman–Crippen MR) is 124 cm³/mol. The summed E-state index contributed by atoms with van der Waals surface area (Å²) in [6, 6.07) is 8.86. The lowest BCUT2D eigenvalue weighted by Crippen LogP contribution is -2.32. The Balaban J connectivity index is 1.20. The van der Waals surface area contributed by atoms with Crippen molar-refractivity contribution in [2.45, 2.75) is 13.0 Å². The number of fused-ring (bicyclic) bond motifs is 2. The summed E-state index contributed by atoms with van der Waals surface area (Å²) in [5.41, 5.74) is 1.25. The molecule has 1 fully saturated rings. The van der Waals surface area contributed by atoms with E-state index in [2.05, 4.69) is 20.6 Å². The summed E-state index contributed by atoms with van der Waals surface area (Å²) >= 11 is 0. The highest BCUT2D eigenvalue weighted by Crippen LogP contribution is 2.31. The number of nitrogens with one attached hydrogen (secondary N) is 2. The smallest absolute Gasteiger partial charge is 0.269 e. The number of methoxy groups -OCH3 is 1. The van der Waals surface area contributed by atoms with Crippen LogP contribution in [0.4, 0.5) is 11.6 Å². The van der Waals surface area contributed by atoms with Gasteiger partial charge in [-0.05, 0) is 30.2 Å². The molecule has 0 aliphatic carbocycles. The zero-order valence-corrected chi connectivity index (χ0v) is 18.6. The first-order chi connectivity index (χ1) is 16.5. The molecule has 0 spiro atoms. The van der Waals surface area contributed by atoms with E-state index < -0.39 is 0 Å². The van der Waals surface area contributed by atoms with Crippen molar-refractivity contribution in [3.8, 4) is 11.5 Å². The molecule has 34 heavy (non-hydrogen) atoms. The van der Waals surface area contributed by atoms with E-state index in [-0.39, 0.29) is 29.9 Å². The molecule has 1 atom stereocenters. The summed E-state index contributed by atoms with van der Waals surface area (Å²) in [5.74, 6) is 1.77. The second-order valence-electron chi connectivity index (χ2n) is 8.23. The topological polar surface area (TPSA) is 128 Å². The molecule has 2 N–H and O–H groups in total. The Hall–Kier alpha value is -3.99. The third kappa shape index (κ3) is 4.29. The lowest BCUT2D eigenvalue weighted by atomic mass is 10.1. The number of hydrogen-bond acceptors (Lipinski definition) is 8. The molecule has 11 heteroatoms. The van der Waals surface area contributed by atoms with Crippen LogP contribution in [0.25, 0.3) is 11.0 Å². The normalized spacial score (nSPS) is 17.4. The van der Waals surface area contributed by atoms with Crippen molar-refractivity contribution in [2.24, 2.45) is 5.92 Å². The molecule has 0 saturated carbocycles. The number of pyridine rings is 1. The maximum absolute atomic E-state index is 12.6. The predicted octanol–water partition coefficient (Wildman–Crippen LogP) is 0.774. The average Bonchev–Trinajstić information content (AvgIpc) is 3.22. The quantitative estimate of drug-likeness (QED) is 0.491. The van der Waals surface area contributed by atoms with E-state index in [0.717, 1.165) is 5.52 Å². The van der Waals surface area contributed by atoms with E-state index in [1.54, 1.807) is 34.8 Å². The third-order valence-corrected chi connectivity index (χ3v) is 5.94. The van der Waals surface area contributed by atoms with E-state index in [0.29, 0.717) is 61.3 Å². The van der Waals surface area contributed by atoms with Crippen LogP contribution in [-0.2, 0) is 16.1 Å². The van der Waals surface area contributed by atoms with Crippen molar-refractivity contribution in [1.82, 2.24) is 19.9 Å². The number of amides is 2. The minimum atomic E-state index is -0.272. The Morgan fingerprint density at radius 1 is 1.24 bits per heavy atom. The Kier molecular flexibility index (Phi) is 5.84. The van der Waals surface area contributed by atoms with Gasteiger partial charge in [0.05, 0.1) is 24.3 Å². The van der Waals surface area contributed by atoms with Crippen molar-refractivity contribution in [3.05, 3.63) is 46.9 Å². The first kappa shape index (κ1) is 21.8. The van der Waals surface area contributed by atoms with Gasteiger partial charge in [-0.25, -0.2) is 9.97 Å². The van der Waals surface area contributed by atoms with Crippen LogP contribution in [0.5, 0.6) is 11.5 Å². The largest absolute Gasteiger partial charge is 0.497 e. The summed E-state index contributed by atoms with van der Waals surface area (Å²) in [6.45, 7) is 2.11. The molecule has 2 aromatic heterocycles. The van der Waals surface area contributed by atoms with Crippen LogP contribution in [0.15, 0.2) is 41.3 Å². The number of anilines is 2. The van der Waals surface area contributed by atoms with E-state index in [4.69, 9.17) is 9.47 Å². The summed E-state index contributed by atoms with van der Waals surface area (Å²) in [6.07, 6.45) is 1.71. The highest BCUT2D eigenvalue weighted by Gasteiger charge is 2.32. The number of ether oxygens (including phenoxy) is 2. The van der Waals surface area contributed by atoms with E-state index in [1.807, 2.05) is 12.1 Å². The van der Waals surface area contributed by atoms with Gasteiger partial charge in [0.1, 0.15) is 11.6 Å². The molecule has 0 bridgehead atoms. The number of benzene rings is 1. The van der Waals surface area contributed by atoms with E-state index >= 15 is 0 Å². The first-order valence-corrected chi connectivity index (χ1v) is 11.0. The highest BCUT2D eigenvalue weighted by atomic mass is 16.5. The van der Waals surface area contributed by atoms with Crippen LogP contribution in [0, 0.1) is 5.92 Å². The zero-order chi connectivity index (χ0) is 23.7. The fourth-order valence-corrected chi connectivity index (χ4v) is 4.24. The molecule has 4 heterocycles. The van der Waals surface area contributed by atoms with Gasteiger partial charge in [-0.3, -0.25) is 19.3 Å².